The van der Waals surface area contributed by atoms with E-state index in [1.54, 1.807) is 0 Å². The van der Waals surface area contributed by atoms with E-state index in [9.17, 15) is 8.42 Å². The Labute approximate surface area is 151 Å². The maximum absolute atomic E-state index is 11.5. The van der Waals surface area contributed by atoms with Crippen LogP contribution in [0.15, 0.2) is 17.1 Å². The van der Waals surface area contributed by atoms with E-state index in [1.807, 2.05) is 6.92 Å². The van der Waals surface area contributed by atoms with Gasteiger partial charge in [0.2, 0.25) is 0 Å². The molecule has 0 amide bonds. The van der Waals surface area contributed by atoms with Crippen molar-refractivity contribution in [1.29, 1.82) is 0 Å². The van der Waals surface area contributed by atoms with Crippen LogP contribution < -0.4 is 5.32 Å². The smallest absolute Gasteiger partial charge is 0.194 e. The fourth-order valence-electron chi connectivity index (χ4n) is 2.85. The number of halogens is 1. The van der Waals surface area contributed by atoms with Crippen molar-refractivity contribution in [2.75, 3.05) is 37.7 Å². The van der Waals surface area contributed by atoms with E-state index in [0.29, 0.717) is 24.6 Å². The maximum atomic E-state index is 11.5. The van der Waals surface area contributed by atoms with Crippen molar-refractivity contribution in [3.63, 3.8) is 0 Å². The van der Waals surface area contributed by atoms with Gasteiger partial charge in [-0.2, -0.15) is 0 Å². The summed E-state index contributed by atoms with van der Waals surface area (Å²) in [5.74, 6) is 1.78. The average molecular weight is 441 g/mol. The third-order valence-corrected chi connectivity index (χ3v) is 5.87. The van der Waals surface area contributed by atoms with Crippen molar-refractivity contribution in [3.8, 4) is 0 Å². The molecule has 7 heteroatoms. The Hall–Kier alpha value is -0.310. The summed E-state index contributed by atoms with van der Waals surface area (Å²) in [5.41, 5.74) is 1.04. The second kappa shape index (κ2) is 9.10. The summed E-state index contributed by atoms with van der Waals surface area (Å²) in [7, 11) is -2.80. The van der Waals surface area contributed by atoms with E-state index in [2.05, 4.69) is 21.8 Å². The number of hydrogen-bond acceptors (Lipinski definition) is 3. The van der Waals surface area contributed by atoms with Gasteiger partial charge in [-0.1, -0.05) is 12.2 Å². The lowest BCUT2D eigenvalue weighted by atomic mass is 10.1. The van der Waals surface area contributed by atoms with Crippen LogP contribution in [0.1, 0.15) is 32.6 Å². The van der Waals surface area contributed by atoms with Crippen LogP contribution in [0, 0.1) is 5.92 Å². The van der Waals surface area contributed by atoms with Gasteiger partial charge in [-0.15, -0.1) is 24.0 Å². The summed E-state index contributed by atoms with van der Waals surface area (Å²) in [6, 6.07) is 0. The molecule has 2 aliphatic rings. The van der Waals surface area contributed by atoms with Crippen LogP contribution in [0.2, 0.25) is 0 Å². The lowest BCUT2D eigenvalue weighted by molar-refractivity contribution is 0.329. The van der Waals surface area contributed by atoms with Crippen molar-refractivity contribution in [2.45, 2.75) is 32.6 Å². The third kappa shape index (κ3) is 6.44. The highest BCUT2D eigenvalue weighted by Gasteiger charge is 2.28. The first-order valence-corrected chi connectivity index (χ1v) is 9.66. The fourth-order valence-corrected chi connectivity index (χ4v) is 4.71. The van der Waals surface area contributed by atoms with Gasteiger partial charge in [0.05, 0.1) is 18.1 Å². The molecule has 5 nitrogen and oxygen atoms in total. The molecule has 22 heavy (non-hydrogen) atoms. The quantitative estimate of drug-likeness (QED) is 0.314. The first-order chi connectivity index (χ1) is 9.96. The molecule has 0 bridgehead atoms. The largest absolute Gasteiger partial charge is 0.356 e. The summed E-state index contributed by atoms with van der Waals surface area (Å²) in [6.07, 6.45) is 4.45. The predicted octanol–water partition coefficient (Wildman–Crippen LogP) is 2.05. The summed E-state index contributed by atoms with van der Waals surface area (Å²) >= 11 is 0. The summed E-state index contributed by atoms with van der Waals surface area (Å²) < 4.78 is 23.0. The monoisotopic (exact) mass is 441 g/mol. The minimum Gasteiger partial charge on any atom is -0.356 e. The summed E-state index contributed by atoms with van der Waals surface area (Å²) in [6.45, 7) is 9.26. The van der Waals surface area contributed by atoms with Gasteiger partial charge in [0.25, 0.3) is 0 Å². The number of hydrogen-bond donors (Lipinski definition) is 1. The summed E-state index contributed by atoms with van der Waals surface area (Å²) in [5, 5.41) is 3.39. The zero-order chi connectivity index (χ0) is 15.3. The Bertz CT molecular complexity index is 499. The molecule has 2 saturated heterocycles. The number of piperidine rings is 1. The number of sulfone groups is 1. The zero-order valence-corrected chi connectivity index (χ0v) is 16.5. The van der Waals surface area contributed by atoms with E-state index in [1.165, 1.54) is 19.3 Å². The van der Waals surface area contributed by atoms with Gasteiger partial charge < -0.3 is 10.2 Å². The first-order valence-electron chi connectivity index (χ1n) is 7.84. The molecule has 0 aromatic carbocycles. The average Bonchev–Trinajstić information content (AvgIpc) is 2.79. The Morgan fingerprint density at radius 1 is 1.32 bits per heavy atom. The molecule has 0 saturated carbocycles. The van der Waals surface area contributed by atoms with Crippen molar-refractivity contribution in [1.82, 2.24) is 10.2 Å². The highest BCUT2D eigenvalue weighted by molar-refractivity contribution is 14.0. The normalized spacial score (nSPS) is 24.7. The van der Waals surface area contributed by atoms with Crippen molar-refractivity contribution in [2.24, 2.45) is 10.9 Å². The number of aliphatic imine (C=N–C) groups is 1. The molecular weight excluding hydrogens is 413 g/mol. The topological polar surface area (TPSA) is 61.8 Å². The van der Waals surface area contributed by atoms with E-state index < -0.39 is 9.84 Å². The first kappa shape index (κ1) is 19.7. The number of rotatable bonds is 4. The van der Waals surface area contributed by atoms with E-state index in [4.69, 9.17) is 0 Å². The van der Waals surface area contributed by atoms with Crippen LogP contribution in [-0.2, 0) is 9.84 Å². The van der Waals surface area contributed by atoms with Crippen molar-refractivity contribution < 1.29 is 8.42 Å². The Morgan fingerprint density at radius 3 is 2.55 bits per heavy atom. The molecule has 2 rings (SSSR count). The molecule has 1 unspecified atom stereocenters. The van der Waals surface area contributed by atoms with E-state index >= 15 is 0 Å². The van der Waals surface area contributed by atoms with Gasteiger partial charge in [0, 0.05) is 19.6 Å². The van der Waals surface area contributed by atoms with Gasteiger partial charge in [-0.05, 0) is 38.5 Å². The second-order valence-corrected chi connectivity index (χ2v) is 8.52. The number of likely N-dealkylation sites (tertiary alicyclic amines) is 1. The van der Waals surface area contributed by atoms with Crippen LogP contribution in [-0.4, -0.2) is 57.0 Å². The molecule has 2 heterocycles. The SMILES string of the molecule is C=C(C)CN=C(NCC1CCS(=O)(=O)C1)N1CCCCC1.I. The molecule has 0 aromatic heterocycles. The Balaban J connectivity index is 0.00000242. The number of nitrogens with zero attached hydrogens (tertiary/aromatic N) is 2. The van der Waals surface area contributed by atoms with Crippen LogP contribution in [0.25, 0.3) is 0 Å². The summed E-state index contributed by atoms with van der Waals surface area (Å²) in [4.78, 5) is 6.91. The molecule has 0 aliphatic carbocycles. The van der Waals surface area contributed by atoms with Crippen LogP contribution in [0.3, 0.4) is 0 Å². The molecule has 1 N–H and O–H groups in total. The molecule has 0 radical (unpaired) electrons. The van der Waals surface area contributed by atoms with Gasteiger partial charge in [0.15, 0.2) is 15.8 Å². The Morgan fingerprint density at radius 2 is 2.00 bits per heavy atom. The van der Waals surface area contributed by atoms with Gasteiger partial charge in [-0.3, -0.25) is 0 Å². The zero-order valence-electron chi connectivity index (χ0n) is 13.4. The van der Waals surface area contributed by atoms with Crippen molar-refractivity contribution in [3.05, 3.63) is 12.2 Å². The number of guanidine groups is 1. The van der Waals surface area contributed by atoms with Crippen LogP contribution in [0.4, 0.5) is 0 Å². The van der Waals surface area contributed by atoms with Crippen molar-refractivity contribution >= 4 is 39.8 Å². The lowest BCUT2D eigenvalue weighted by Gasteiger charge is -2.30. The highest BCUT2D eigenvalue weighted by atomic mass is 127. The number of nitrogens with one attached hydrogen (secondary N) is 1. The molecule has 0 aromatic rings. The van der Waals surface area contributed by atoms with Crippen LogP contribution >= 0.6 is 24.0 Å². The minimum absolute atomic E-state index is 0. The predicted molar refractivity (Wildman–Crippen MR) is 103 cm³/mol. The van der Waals surface area contributed by atoms with Gasteiger partial charge in [0.1, 0.15) is 0 Å². The minimum atomic E-state index is -2.80. The molecule has 2 fully saturated rings. The standard InChI is InChI=1S/C15H27N3O2S.HI/c1-13(2)10-16-15(18-7-4-3-5-8-18)17-11-14-6-9-21(19,20)12-14;/h14H,1,3-12H2,2H3,(H,16,17);1H. The Kier molecular flexibility index (Phi) is 8.16. The fraction of sp³-hybridized carbons (Fsp3) is 0.800. The van der Waals surface area contributed by atoms with E-state index in [-0.39, 0.29) is 29.9 Å². The second-order valence-electron chi connectivity index (χ2n) is 6.29. The van der Waals surface area contributed by atoms with Gasteiger partial charge >= 0.3 is 0 Å². The van der Waals surface area contributed by atoms with Crippen LogP contribution in [0.5, 0.6) is 0 Å². The molecular formula is C15H28IN3O2S. The lowest BCUT2D eigenvalue weighted by Crippen LogP contribution is -2.45. The maximum Gasteiger partial charge on any atom is 0.194 e. The van der Waals surface area contributed by atoms with E-state index in [0.717, 1.165) is 31.0 Å². The highest BCUT2D eigenvalue weighted by Crippen LogP contribution is 2.17. The third-order valence-electron chi connectivity index (χ3n) is 4.03. The molecule has 0 spiro atoms. The molecule has 2 aliphatic heterocycles. The molecule has 128 valence electrons. The van der Waals surface area contributed by atoms with Gasteiger partial charge in [-0.25, -0.2) is 13.4 Å². The molecule has 1 atom stereocenters.